The Kier molecular flexibility index (Phi) is 4.65. The molecule has 2 aromatic rings. The largest absolute Gasteiger partial charge is 0.393 e. The molecule has 2 rings (SSSR count). The fraction of sp³-hybridized carbons (Fsp3) is 0.429. The molecule has 1 aromatic heterocycles. The molecule has 2 atom stereocenters. The van der Waals surface area contributed by atoms with Crippen LogP contribution in [0.4, 0.5) is 0 Å². The van der Waals surface area contributed by atoms with Crippen molar-refractivity contribution in [2.45, 2.75) is 39.0 Å². The van der Waals surface area contributed by atoms with Gasteiger partial charge < -0.3 is 10.4 Å². The first kappa shape index (κ1) is 13.7. The number of nitrogens with one attached hydrogen (secondary N) is 1. The minimum Gasteiger partial charge on any atom is -0.393 e. The van der Waals surface area contributed by atoms with Gasteiger partial charge in [-0.2, -0.15) is 15.0 Å². The standard InChI is InChI=1S/C14H20N4O/c1-11(8-12(2)19)15-9-13-10-16-18(17-13)14-6-4-3-5-7-14/h3-7,10-12,15,19H,8-9H2,1-2H3. The lowest BCUT2D eigenvalue weighted by Gasteiger charge is -2.14. The third-order valence-electron chi connectivity index (χ3n) is 2.85. The lowest BCUT2D eigenvalue weighted by atomic mass is 10.1. The van der Waals surface area contributed by atoms with Crippen LogP contribution in [-0.2, 0) is 6.54 Å². The van der Waals surface area contributed by atoms with Crippen molar-refractivity contribution in [3.8, 4) is 5.69 Å². The predicted octanol–water partition coefficient (Wildman–Crippen LogP) is 1.52. The van der Waals surface area contributed by atoms with Gasteiger partial charge >= 0.3 is 0 Å². The van der Waals surface area contributed by atoms with Gasteiger partial charge in [0.2, 0.25) is 0 Å². The molecule has 0 radical (unpaired) electrons. The van der Waals surface area contributed by atoms with E-state index in [9.17, 15) is 5.11 Å². The van der Waals surface area contributed by atoms with Crippen molar-refractivity contribution >= 4 is 0 Å². The van der Waals surface area contributed by atoms with E-state index in [1.807, 2.05) is 37.3 Å². The van der Waals surface area contributed by atoms with Gasteiger partial charge in [-0.1, -0.05) is 18.2 Å². The summed E-state index contributed by atoms with van der Waals surface area (Å²) in [6, 6.07) is 10.1. The molecule has 0 fully saturated rings. The van der Waals surface area contributed by atoms with Crippen molar-refractivity contribution in [3.63, 3.8) is 0 Å². The lowest BCUT2D eigenvalue weighted by molar-refractivity contribution is 0.170. The highest BCUT2D eigenvalue weighted by Crippen LogP contribution is 2.04. The molecule has 0 aliphatic rings. The van der Waals surface area contributed by atoms with Gasteiger partial charge in [0.1, 0.15) is 0 Å². The number of aromatic nitrogens is 3. The van der Waals surface area contributed by atoms with Crippen molar-refractivity contribution < 1.29 is 5.11 Å². The number of hydrogen-bond acceptors (Lipinski definition) is 4. The van der Waals surface area contributed by atoms with Crippen LogP contribution < -0.4 is 5.32 Å². The van der Waals surface area contributed by atoms with E-state index in [0.29, 0.717) is 6.54 Å². The molecule has 2 N–H and O–H groups in total. The van der Waals surface area contributed by atoms with Crippen molar-refractivity contribution in [1.29, 1.82) is 0 Å². The highest BCUT2D eigenvalue weighted by molar-refractivity contribution is 5.28. The third-order valence-corrected chi connectivity index (χ3v) is 2.85. The molecule has 5 heteroatoms. The topological polar surface area (TPSA) is 63.0 Å². The first-order valence-electron chi connectivity index (χ1n) is 6.53. The van der Waals surface area contributed by atoms with Crippen molar-refractivity contribution in [2.24, 2.45) is 0 Å². The summed E-state index contributed by atoms with van der Waals surface area (Å²) in [6.45, 7) is 4.50. The molecule has 102 valence electrons. The maximum absolute atomic E-state index is 9.30. The summed E-state index contributed by atoms with van der Waals surface area (Å²) >= 11 is 0. The number of benzene rings is 1. The van der Waals surface area contributed by atoms with Crippen molar-refractivity contribution in [2.75, 3.05) is 0 Å². The Hall–Kier alpha value is -1.72. The van der Waals surface area contributed by atoms with Gasteiger partial charge in [-0.15, -0.1) is 0 Å². The number of aliphatic hydroxyl groups excluding tert-OH is 1. The molecule has 0 saturated carbocycles. The molecule has 0 saturated heterocycles. The maximum Gasteiger partial charge on any atom is 0.0969 e. The highest BCUT2D eigenvalue weighted by atomic mass is 16.3. The van der Waals surface area contributed by atoms with Gasteiger partial charge in [0, 0.05) is 12.6 Å². The van der Waals surface area contributed by atoms with E-state index in [0.717, 1.165) is 17.8 Å². The molecular weight excluding hydrogens is 240 g/mol. The molecule has 0 spiro atoms. The Balaban J connectivity index is 1.91. The van der Waals surface area contributed by atoms with Gasteiger partial charge in [0.05, 0.1) is 23.7 Å². The molecule has 1 heterocycles. The van der Waals surface area contributed by atoms with Crippen LogP contribution in [-0.4, -0.2) is 32.2 Å². The Bertz CT molecular complexity index is 495. The van der Waals surface area contributed by atoms with Gasteiger partial charge in [-0.3, -0.25) is 0 Å². The summed E-state index contributed by atoms with van der Waals surface area (Å²) in [5, 5.41) is 21.3. The molecule has 0 bridgehead atoms. The van der Waals surface area contributed by atoms with Gasteiger partial charge in [-0.25, -0.2) is 0 Å². The van der Waals surface area contributed by atoms with Gasteiger partial charge in [0.15, 0.2) is 0 Å². The molecule has 2 unspecified atom stereocenters. The zero-order chi connectivity index (χ0) is 13.7. The van der Waals surface area contributed by atoms with Crippen LogP contribution in [0.25, 0.3) is 5.69 Å². The lowest BCUT2D eigenvalue weighted by Crippen LogP contribution is -2.28. The van der Waals surface area contributed by atoms with E-state index in [1.165, 1.54) is 0 Å². The van der Waals surface area contributed by atoms with Crippen LogP contribution in [0, 0.1) is 0 Å². The van der Waals surface area contributed by atoms with Crippen LogP contribution in [0.15, 0.2) is 36.5 Å². The fourth-order valence-corrected chi connectivity index (χ4v) is 1.94. The SMILES string of the molecule is CC(O)CC(C)NCc1cnn(-c2ccccc2)n1. The normalized spacial score (nSPS) is 14.3. The van der Waals surface area contributed by atoms with Gasteiger partial charge in [-0.05, 0) is 32.4 Å². The number of hydrogen-bond donors (Lipinski definition) is 2. The summed E-state index contributed by atoms with van der Waals surface area (Å²) < 4.78 is 0. The van der Waals surface area contributed by atoms with E-state index < -0.39 is 0 Å². The van der Waals surface area contributed by atoms with Crippen LogP contribution >= 0.6 is 0 Å². The number of aliphatic hydroxyl groups is 1. The van der Waals surface area contributed by atoms with Crippen LogP contribution in [0.1, 0.15) is 26.0 Å². The van der Waals surface area contributed by atoms with E-state index >= 15 is 0 Å². The van der Waals surface area contributed by atoms with E-state index in [1.54, 1.807) is 17.9 Å². The predicted molar refractivity (Wildman–Crippen MR) is 74.0 cm³/mol. The zero-order valence-corrected chi connectivity index (χ0v) is 11.3. The summed E-state index contributed by atoms with van der Waals surface area (Å²) in [6.07, 6.45) is 2.20. The maximum atomic E-state index is 9.30. The second-order valence-corrected chi connectivity index (χ2v) is 4.83. The Morgan fingerprint density at radius 3 is 2.68 bits per heavy atom. The Morgan fingerprint density at radius 2 is 2.00 bits per heavy atom. The Labute approximate surface area is 113 Å². The monoisotopic (exact) mass is 260 g/mol. The average Bonchev–Trinajstić information content (AvgIpc) is 2.85. The molecule has 0 aliphatic heterocycles. The second kappa shape index (κ2) is 6.45. The first-order valence-corrected chi connectivity index (χ1v) is 6.53. The van der Waals surface area contributed by atoms with Gasteiger partial charge in [0.25, 0.3) is 0 Å². The number of para-hydroxylation sites is 1. The number of nitrogens with zero attached hydrogens (tertiary/aromatic N) is 3. The smallest absolute Gasteiger partial charge is 0.0969 e. The van der Waals surface area contributed by atoms with Crippen LogP contribution in [0.5, 0.6) is 0 Å². The minimum atomic E-state index is -0.289. The molecular formula is C14H20N4O. The van der Waals surface area contributed by atoms with E-state index in [2.05, 4.69) is 15.5 Å². The third kappa shape index (κ3) is 4.15. The van der Waals surface area contributed by atoms with Crippen molar-refractivity contribution in [3.05, 3.63) is 42.2 Å². The molecule has 19 heavy (non-hydrogen) atoms. The Morgan fingerprint density at radius 1 is 1.26 bits per heavy atom. The molecule has 5 nitrogen and oxygen atoms in total. The van der Waals surface area contributed by atoms with E-state index in [4.69, 9.17) is 0 Å². The van der Waals surface area contributed by atoms with E-state index in [-0.39, 0.29) is 12.1 Å². The molecule has 0 amide bonds. The van der Waals surface area contributed by atoms with Crippen LogP contribution in [0.2, 0.25) is 0 Å². The molecule has 0 aliphatic carbocycles. The fourth-order valence-electron chi connectivity index (χ4n) is 1.94. The minimum absolute atomic E-state index is 0.252. The number of rotatable bonds is 6. The summed E-state index contributed by atoms with van der Waals surface area (Å²) in [5.74, 6) is 0. The zero-order valence-electron chi connectivity index (χ0n) is 11.3. The molecule has 1 aromatic carbocycles. The summed E-state index contributed by atoms with van der Waals surface area (Å²) in [7, 11) is 0. The average molecular weight is 260 g/mol. The quantitative estimate of drug-likeness (QED) is 0.826. The summed E-state index contributed by atoms with van der Waals surface area (Å²) in [5.41, 5.74) is 1.84. The van der Waals surface area contributed by atoms with Crippen LogP contribution in [0.3, 0.4) is 0 Å². The summed E-state index contributed by atoms with van der Waals surface area (Å²) in [4.78, 5) is 1.62. The van der Waals surface area contributed by atoms with Crippen molar-refractivity contribution in [1.82, 2.24) is 20.3 Å². The first-order chi connectivity index (χ1) is 9.15. The highest BCUT2D eigenvalue weighted by Gasteiger charge is 2.07. The second-order valence-electron chi connectivity index (χ2n) is 4.83.